The SMILES string of the molecule is CCC(C)N(CCOC)C(=O)CC(C)C1CCCNC1. The standard InChI is InChI=1S/C16H32N2O2/c1-5-14(3)18(9-10-20-4)16(19)11-13(2)15-7-6-8-17-12-15/h13-15,17H,5-12H2,1-4H3. The van der Waals surface area contributed by atoms with E-state index < -0.39 is 0 Å². The highest BCUT2D eigenvalue weighted by molar-refractivity contribution is 5.76. The van der Waals surface area contributed by atoms with Crippen LogP contribution >= 0.6 is 0 Å². The van der Waals surface area contributed by atoms with Crippen LogP contribution in [0.4, 0.5) is 0 Å². The van der Waals surface area contributed by atoms with Crippen molar-refractivity contribution in [2.75, 3.05) is 33.4 Å². The van der Waals surface area contributed by atoms with Gasteiger partial charge in [-0.15, -0.1) is 0 Å². The third-order valence-electron chi connectivity index (χ3n) is 4.62. The summed E-state index contributed by atoms with van der Waals surface area (Å²) in [5.41, 5.74) is 0. The second-order valence-corrected chi connectivity index (χ2v) is 6.13. The molecule has 3 atom stereocenters. The number of amides is 1. The summed E-state index contributed by atoms with van der Waals surface area (Å²) in [6, 6.07) is 0.300. The molecular weight excluding hydrogens is 252 g/mol. The Morgan fingerprint density at radius 1 is 1.45 bits per heavy atom. The lowest BCUT2D eigenvalue weighted by atomic mass is 9.85. The van der Waals surface area contributed by atoms with Gasteiger partial charge in [0.1, 0.15) is 0 Å². The fourth-order valence-corrected chi connectivity index (χ4v) is 2.92. The lowest BCUT2D eigenvalue weighted by Gasteiger charge is -2.32. The minimum atomic E-state index is 0.287. The van der Waals surface area contributed by atoms with Gasteiger partial charge in [-0.1, -0.05) is 13.8 Å². The van der Waals surface area contributed by atoms with Crippen LogP contribution in [0.15, 0.2) is 0 Å². The van der Waals surface area contributed by atoms with E-state index in [9.17, 15) is 4.79 Å². The minimum Gasteiger partial charge on any atom is -0.383 e. The Hall–Kier alpha value is -0.610. The van der Waals surface area contributed by atoms with Crippen molar-refractivity contribution >= 4 is 5.91 Å². The molecule has 1 rings (SSSR count). The predicted molar refractivity (Wildman–Crippen MR) is 82.7 cm³/mol. The summed E-state index contributed by atoms with van der Waals surface area (Å²) in [7, 11) is 1.69. The van der Waals surface area contributed by atoms with Crippen LogP contribution in [0.1, 0.15) is 46.5 Å². The lowest BCUT2D eigenvalue weighted by Crippen LogP contribution is -2.42. The van der Waals surface area contributed by atoms with Crippen molar-refractivity contribution in [1.82, 2.24) is 10.2 Å². The van der Waals surface area contributed by atoms with Gasteiger partial charge in [-0.25, -0.2) is 0 Å². The highest BCUT2D eigenvalue weighted by Crippen LogP contribution is 2.23. The Balaban J connectivity index is 2.50. The number of carbonyl (C=O) groups is 1. The van der Waals surface area contributed by atoms with Gasteiger partial charge in [0, 0.05) is 26.1 Å². The van der Waals surface area contributed by atoms with E-state index >= 15 is 0 Å². The molecule has 1 aliphatic heterocycles. The van der Waals surface area contributed by atoms with Crippen molar-refractivity contribution in [3.63, 3.8) is 0 Å². The lowest BCUT2D eigenvalue weighted by molar-refractivity contribution is -0.135. The number of hydrogen-bond acceptors (Lipinski definition) is 3. The smallest absolute Gasteiger partial charge is 0.223 e. The molecule has 4 nitrogen and oxygen atoms in total. The first-order chi connectivity index (χ1) is 9.60. The second kappa shape index (κ2) is 9.35. The molecular formula is C16H32N2O2. The van der Waals surface area contributed by atoms with Gasteiger partial charge in [-0.2, -0.15) is 0 Å². The zero-order valence-electron chi connectivity index (χ0n) is 13.7. The van der Waals surface area contributed by atoms with Crippen molar-refractivity contribution in [1.29, 1.82) is 0 Å². The number of ether oxygens (including phenoxy) is 1. The molecule has 0 aromatic heterocycles. The third-order valence-corrected chi connectivity index (χ3v) is 4.62. The zero-order chi connectivity index (χ0) is 15.0. The monoisotopic (exact) mass is 284 g/mol. The highest BCUT2D eigenvalue weighted by Gasteiger charge is 2.25. The van der Waals surface area contributed by atoms with Crippen molar-refractivity contribution in [2.45, 2.75) is 52.5 Å². The topological polar surface area (TPSA) is 41.6 Å². The average Bonchev–Trinajstić information content (AvgIpc) is 2.48. The summed E-state index contributed by atoms with van der Waals surface area (Å²) in [6.45, 7) is 10.0. The first-order valence-electron chi connectivity index (χ1n) is 8.09. The molecule has 1 saturated heterocycles. The molecule has 0 saturated carbocycles. The second-order valence-electron chi connectivity index (χ2n) is 6.13. The molecule has 4 heteroatoms. The van der Waals surface area contributed by atoms with Crippen LogP contribution in [0, 0.1) is 11.8 Å². The Labute approximate surface area is 124 Å². The summed E-state index contributed by atoms with van der Waals surface area (Å²) in [5.74, 6) is 1.40. The number of piperidine rings is 1. The van der Waals surface area contributed by atoms with Gasteiger partial charge in [0.25, 0.3) is 0 Å². The normalized spacial score (nSPS) is 22.3. The van der Waals surface area contributed by atoms with Crippen LogP contribution in [0.2, 0.25) is 0 Å². The maximum atomic E-state index is 12.6. The first kappa shape index (κ1) is 17.4. The van der Waals surface area contributed by atoms with Crippen LogP contribution in [0.3, 0.4) is 0 Å². The number of carbonyl (C=O) groups excluding carboxylic acids is 1. The summed E-state index contributed by atoms with van der Waals surface area (Å²) in [4.78, 5) is 14.5. The van der Waals surface area contributed by atoms with Crippen molar-refractivity contribution in [3.8, 4) is 0 Å². The molecule has 3 unspecified atom stereocenters. The van der Waals surface area contributed by atoms with E-state index in [1.807, 2.05) is 4.90 Å². The van der Waals surface area contributed by atoms with Crippen molar-refractivity contribution in [3.05, 3.63) is 0 Å². The van der Waals surface area contributed by atoms with E-state index in [1.54, 1.807) is 7.11 Å². The van der Waals surface area contributed by atoms with Gasteiger partial charge >= 0.3 is 0 Å². The van der Waals surface area contributed by atoms with Crippen LogP contribution in [0.25, 0.3) is 0 Å². The number of nitrogens with one attached hydrogen (secondary N) is 1. The number of methoxy groups -OCH3 is 1. The first-order valence-corrected chi connectivity index (χ1v) is 8.09. The van der Waals surface area contributed by atoms with Crippen LogP contribution in [0.5, 0.6) is 0 Å². The number of hydrogen-bond donors (Lipinski definition) is 1. The fraction of sp³-hybridized carbons (Fsp3) is 0.938. The molecule has 1 aliphatic rings. The molecule has 0 aromatic rings. The van der Waals surface area contributed by atoms with E-state index in [0.717, 1.165) is 19.5 Å². The minimum absolute atomic E-state index is 0.287. The zero-order valence-corrected chi connectivity index (χ0v) is 13.7. The molecule has 0 aromatic carbocycles. The quantitative estimate of drug-likeness (QED) is 0.743. The van der Waals surface area contributed by atoms with E-state index in [2.05, 4.69) is 26.1 Å². The maximum Gasteiger partial charge on any atom is 0.223 e. The molecule has 1 heterocycles. The fourth-order valence-electron chi connectivity index (χ4n) is 2.92. The van der Waals surface area contributed by atoms with Gasteiger partial charge in [-0.05, 0) is 51.1 Å². The van der Waals surface area contributed by atoms with E-state index in [1.165, 1.54) is 12.8 Å². The predicted octanol–water partition coefficient (Wildman–Crippen LogP) is 2.29. The van der Waals surface area contributed by atoms with Crippen LogP contribution < -0.4 is 5.32 Å². The summed E-state index contributed by atoms with van der Waals surface area (Å²) in [6.07, 6.45) is 4.15. The molecule has 1 fully saturated rings. The van der Waals surface area contributed by atoms with E-state index in [-0.39, 0.29) is 5.91 Å². The van der Waals surface area contributed by atoms with Crippen molar-refractivity contribution < 1.29 is 9.53 Å². The Bertz CT molecular complexity index is 278. The van der Waals surface area contributed by atoms with Gasteiger partial charge < -0.3 is 15.0 Å². The van der Waals surface area contributed by atoms with Crippen LogP contribution in [-0.4, -0.2) is 50.2 Å². The molecule has 1 N–H and O–H groups in total. The molecule has 0 bridgehead atoms. The van der Waals surface area contributed by atoms with Crippen LogP contribution in [-0.2, 0) is 9.53 Å². The van der Waals surface area contributed by atoms with Crippen molar-refractivity contribution in [2.24, 2.45) is 11.8 Å². The molecule has 20 heavy (non-hydrogen) atoms. The van der Waals surface area contributed by atoms with Gasteiger partial charge in [0.05, 0.1) is 6.61 Å². The average molecular weight is 284 g/mol. The van der Waals surface area contributed by atoms with E-state index in [4.69, 9.17) is 4.74 Å². The number of nitrogens with zero attached hydrogens (tertiary/aromatic N) is 1. The Morgan fingerprint density at radius 2 is 2.20 bits per heavy atom. The van der Waals surface area contributed by atoms with Gasteiger partial charge in [0.15, 0.2) is 0 Å². The summed E-state index contributed by atoms with van der Waals surface area (Å²) in [5, 5.41) is 3.44. The van der Waals surface area contributed by atoms with E-state index in [0.29, 0.717) is 37.5 Å². The highest BCUT2D eigenvalue weighted by atomic mass is 16.5. The molecule has 1 amide bonds. The summed E-state index contributed by atoms with van der Waals surface area (Å²) < 4.78 is 5.13. The molecule has 0 spiro atoms. The molecule has 0 radical (unpaired) electrons. The molecule has 118 valence electrons. The van der Waals surface area contributed by atoms with Gasteiger partial charge in [-0.3, -0.25) is 4.79 Å². The number of rotatable bonds is 8. The Morgan fingerprint density at radius 3 is 2.75 bits per heavy atom. The molecule has 0 aliphatic carbocycles. The Kier molecular flexibility index (Phi) is 8.15. The maximum absolute atomic E-state index is 12.6. The largest absolute Gasteiger partial charge is 0.383 e. The van der Waals surface area contributed by atoms with Gasteiger partial charge in [0.2, 0.25) is 5.91 Å². The summed E-state index contributed by atoms with van der Waals surface area (Å²) >= 11 is 0. The third kappa shape index (κ3) is 5.41.